The number of nitrogens with zero attached hydrogens (tertiary/aromatic N) is 2. The van der Waals surface area contributed by atoms with Crippen molar-refractivity contribution in [2.45, 2.75) is 43.7 Å². The van der Waals surface area contributed by atoms with Crippen LogP contribution in [-0.4, -0.2) is 86.3 Å². The van der Waals surface area contributed by atoms with Crippen LogP contribution in [0.2, 0.25) is 0 Å². The molecule has 1 atom stereocenters. The first kappa shape index (κ1) is 18.2. The Kier molecular flexibility index (Phi) is 5.21. The summed E-state index contributed by atoms with van der Waals surface area (Å²) in [5, 5.41) is 2.95. The van der Waals surface area contributed by atoms with E-state index in [4.69, 9.17) is 9.47 Å². The molecule has 26 heavy (non-hydrogen) atoms. The predicted octanol–water partition coefficient (Wildman–Crippen LogP) is 0.241. The van der Waals surface area contributed by atoms with Gasteiger partial charge in [-0.1, -0.05) is 6.42 Å². The van der Waals surface area contributed by atoms with Crippen LogP contribution in [0.15, 0.2) is 0 Å². The molecule has 0 bridgehead atoms. The van der Waals surface area contributed by atoms with Crippen molar-refractivity contribution >= 4 is 11.8 Å². The summed E-state index contributed by atoms with van der Waals surface area (Å²) >= 11 is 0. The number of methoxy groups -OCH3 is 1. The quantitative estimate of drug-likeness (QED) is 0.655. The Morgan fingerprint density at radius 2 is 1.96 bits per heavy atom. The average Bonchev–Trinajstić information content (AvgIpc) is 3.35. The van der Waals surface area contributed by atoms with E-state index in [1.165, 1.54) is 19.3 Å². The van der Waals surface area contributed by atoms with Crippen molar-refractivity contribution in [3.8, 4) is 0 Å². The Hall–Kier alpha value is -1.18. The molecule has 0 aromatic heterocycles. The molecule has 1 N–H and O–H groups in total. The minimum Gasteiger partial charge on any atom is -0.383 e. The van der Waals surface area contributed by atoms with Crippen molar-refractivity contribution in [1.82, 2.24) is 15.1 Å². The van der Waals surface area contributed by atoms with Crippen LogP contribution in [0.1, 0.15) is 32.1 Å². The summed E-state index contributed by atoms with van der Waals surface area (Å²) in [6.45, 7) is 4.53. The summed E-state index contributed by atoms with van der Waals surface area (Å²) < 4.78 is 11.2. The molecular formula is C19H31N3O4. The maximum absolute atomic E-state index is 12.6. The topological polar surface area (TPSA) is 71.1 Å². The van der Waals surface area contributed by atoms with Crippen LogP contribution in [0.25, 0.3) is 0 Å². The van der Waals surface area contributed by atoms with Crippen molar-refractivity contribution in [1.29, 1.82) is 0 Å². The zero-order valence-corrected chi connectivity index (χ0v) is 15.7. The molecule has 7 nitrogen and oxygen atoms in total. The molecule has 2 heterocycles. The summed E-state index contributed by atoms with van der Waals surface area (Å²) in [4.78, 5) is 29.2. The lowest BCUT2D eigenvalue weighted by Gasteiger charge is -2.56. The zero-order valence-electron chi connectivity index (χ0n) is 15.7. The van der Waals surface area contributed by atoms with Gasteiger partial charge in [0, 0.05) is 32.7 Å². The third kappa shape index (κ3) is 3.75. The van der Waals surface area contributed by atoms with Gasteiger partial charge in [-0.2, -0.15) is 0 Å². The van der Waals surface area contributed by atoms with E-state index >= 15 is 0 Å². The van der Waals surface area contributed by atoms with Crippen LogP contribution >= 0.6 is 0 Å². The van der Waals surface area contributed by atoms with Gasteiger partial charge in [-0.15, -0.1) is 0 Å². The van der Waals surface area contributed by atoms with E-state index in [1.807, 2.05) is 4.90 Å². The van der Waals surface area contributed by atoms with Crippen LogP contribution in [-0.2, 0) is 19.1 Å². The van der Waals surface area contributed by atoms with Crippen molar-refractivity contribution in [3.05, 3.63) is 0 Å². The monoisotopic (exact) mass is 365 g/mol. The molecule has 2 amide bonds. The SMILES string of the molecule is COCCNC(=O)C1COC2(CN(C(=O)C3CCC3)C2)CN1CC1CC1. The lowest BCUT2D eigenvalue weighted by Crippen LogP contribution is -2.74. The van der Waals surface area contributed by atoms with E-state index in [0.717, 1.165) is 25.9 Å². The third-order valence-electron chi connectivity index (χ3n) is 6.30. The van der Waals surface area contributed by atoms with E-state index in [-0.39, 0.29) is 23.5 Å². The van der Waals surface area contributed by atoms with Gasteiger partial charge in [0.25, 0.3) is 0 Å². The van der Waals surface area contributed by atoms with Gasteiger partial charge in [-0.25, -0.2) is 0 Å². The van der Waals surface area contributed by atoms with E-state index in [2.05, 4.69) is 10.2 Å². The smallest absolute Gasteiger partial charge is 0.239 e. The van der Waals surface area contributed by atoms with Gasteiger partial charge >= 0.3 is 0 Å². The number of hydrogen-bond acceptors (Lipinski definition) is 5. The Labute approximate surface area is 155 Å². The van der Waals surface area contributed by atoms with Gasteiger partial charge in [0.2, 0.25) is 11.8 Å². The largest absolute Gasteiger partial charge is 0.383 e. The highest BCUT2D eigenvalue weighted by Crippen LogP contribution is 2.37. The minimum atomic E-state index is -0.266. The van der Waals surface area contributed by atoms with Gasteiger partial charge in [0.15, 0.2) is 0 Å². The molecule has 146 valence electrons. The molecule has 4 aliphatic rings. The minimum absolute atomic E-state index is 0.0271. The van der Waals surface area contributed by atoms with Crippen molar-refractivity contribution in [2.75, 3.05) is 53.0 Å². The second kappa shape index (κ2) is 7.44. The van der Waals surface area contributed by atoms with E-state index in [0.29, 0.717) is 44.7 Å². The maximum Gasteiger partial charge on any atom is 0.239 e. The third-order valence-corrected chi connectivity index (χ3v) is 6.30. The molecule has 4 rings (SSSR count). The first-order valence-corrected chi connectivity index (χ1v) is 10.0. The molecule has 2 aliphatic heterocycles. The highest BCUT2D eigenvalue weighted by atomic mass is 16.5. The molecule has 1 spiro atoms. The van der Waals surface area contributed by atoms with E-state index < -0.39 is 0 Å². The van der Waals surface area contributed by atoms with Crippen molar-refractivity contribution < 1.29 is 19.1 Å². The number of morpholine rings is 1. The lowest BCUT2D eigenvalue weighted by molar-refractivity contribution is -0.207. The second-order valence-corrected chi connectivity index (χ2v) is 8.49. The lowest BCUT2D eigenvalue weighted by atomic mass is 9.81. The number of likely N-dealkylation sites (tertiary alicyclic amines) is 1. The van der Waals surface area contributed by atoms with Crippen molar-refractivity contribution in [2.24, 2.45) is 11.8 Å². The highest BCUT2D eigenvalue weighted by Gasteiger charge is 2.53. The zero-order chi connectivity index (χ0) is 18.1. The summed E-state index contributed by atoms with van der Waals surface area (Å²) in [6, 6.07) is -0.227. The molecule has 0 aromatic rings. The predicted molar refractivity (Wildman–Crippen MR) is 95.6 cm³/mol. The van der Waals surface area contributed by atoms with Gasteiger partial charge < -0.3 is 19.7 Å². The molecule has 2 saturated carbocycles. The van der Waals surface area contributed by atoms with Gasteiger partial charge in [0.1, 0.15) is 11.6 Å². The number of amides is 2. The van der Waals surface area contributed by atoms with Crippen LogP contribution in [0.3, 0.4) is 0 Å². The molecular weight excluding hydrogens is 334 g/mol. The first-order chi connectivity index (χ1) is 12.6. The van der Waals surface area contributed by atoms with Crippen LogP contribution in [0.5, 0.6) is 0 Å². The molecule has 0 aromatic carbocycles. The number of carbonyl (C=O) groups is 2. The summed E-state index contributed by atoms with van der Waals surface area (Å²) in [7, 11) is 1.63. The molecule has 4 fully saturated rings. The molecule has 7 heteroatoms. The Balaban J connectivity index is 1.33. The first-order valence-electron chi connectivity index (χ1n) is 10.0. The number of hydrogen-bond donors (Lipinski definition) is 1. The number of rotatable bonds is 7. The van der Waals surface area contributed by atoms with Crippen LogP contribution in [0.4, 0.5) is 0 Å². The molecule has 2 saturated heterocycles. The summed E-state index contributed by atoms with van der Waals surface area (Å²) in [5.74, 6) is 1.29. The fourth-order valence-electron chi connectivity index (χ4n) is 4.26. The normalized spacial score (nSPS) is 28.5. The number of nitrogens with one attached hydrogen (secondary N) is 1. The van der Waals surface area contributed by atoms with Crippen LogP contribution in [0, 0.1) is 11.8 Å². The van der Waals surface area contributed by atoms with Gasteiger partial charge in [0.05, 0.1) is 26.3 Å². The Morgan fingerprint density at radius 3 is 2.58 bits per heavy atom. The number of ether oxygens (including phenoxy) is 2. The van der Waals surface area contributed by atoms with Crippen molar-refractivity contribution in [3.63, 3.8) is 0 Å². The number of carbonyl (C=O) groups excluding carboxylic acids is 2. The fraction of sp³-hybridized carbons (Fsp3) is 0.895. The van der Waals surface area contributed by atoms with Gasteiger partial charge in [-0.05, 0) is 31.6 Å². The Morgan fingerprint density at radius 1 is 1.19 bits per heavy atom. The average molecular weight is 365 g/mol. The summed E-state index contributed by atoms with van der Waals surface area (Å²) in [5.41, 5.74) is -0.266. The summed E-state index contributed by atoms with van der Waals surface area (Å²) in [6.07, 6.45) is 5.78. The fourth-order valence-corrected chi connectivity index (χ4v) is 4.26. The van der Waals surface area contributed by atoms with E-state index in [1.54, 1.807) is 7.11 Å². The standard InChI is InChI=1S/C19H31N3O4/c1-25-8-7-20-17(23)16-10-26-19(11-21(16)9-14-5-6-14)12-22(13-19)18(24)15-3-2-4-15/h14-16H,2-13H2,1H3,(H,20,23). The van der Waals surface area contributed by atoms with Crippen LogP contribution < -0.4 is 5.32 Å². The second-order valence-electron chi connectivity index (χ2n) is 8.49. The Bertz CT molecular complexity index is 541. The molecule has 1 unspecified atom stereocenters. The van der Waals surface area contributed by atoms with E-state index in [9.17, 15) is 9.59 Å². The maximum atomic E-state index is 12.6. The molecule has 0 radical (unpaired) electrons. The highest BCUT2D eigenvalue weighted by molar-refractivity contribution is 5.82. The molecule has 2 aliphatic carbocycles. The van der Waals surface area contributed by atoms with Gasteiger partial charge in [-0.3, -0.25) is 14.5 Å².